The first-order chi connectivity index (χ1) is 8.24. The van der Waals surface area contributed by atoms with Crippen LogP contribution >= 0.6 is 0 Å². The Morgan fingerprint density at radius 3 is 3.00 bits per heavy atom. The van der Waals surface area contributed by atoms with Gasteiger partial charge in [0.05, 0.1) is 12.3 Å². The Bertz CT molecular complexity index is 525. The van der Waals surface area contributed by atoms with E-state index in [0.717, 1.165) is 30.2 Å². The second-order valence-corrected chi connectivity index (χ2v) is 4.31. The second kappa shape index (κ2) is 3.96. The molecule has 0 bridgehead atoms. The van der Waals surface area contributed by atoms with Crippen molar-refractivity contribution in [1.29, 1.82) is 0 Å². The third-order valence-corrected chi connectivity index (χ3v) is 2.96. The average Bonchev–Trinajstić information content (AvgIpc) is 2.97. The van der Waals surface area contributed by atoms with Crippen molar-refractivity contribution in [2.45, 2.75) is 19.3 Å². The van der Waals surface area contributed by atoms with E-state index in [9.17, 15) is 0 Å². The van der Waals surface area contributed by atoms with Crippen LogP contribution in [0.25, 0.3) is 11.6 Å². The number of aryl methyl sites for hydroxylation is 2. The molecule has 3 rings (SSSR count). The zero-order chi connectivity index (χ0) is 11.8. The van der Waals surface area contributed by atoms with Crippen LogP contribution < -0.4 is 0 Å². The Labute approximate surface area is 98.6 Å². The van der Waals surface area contributed by atoms with Gasteiger partial charge in [-0.15, -0.1) is 0 Å². The molecule has 2 aromatic rings. The molecule has 0 saturated carbocycles. The number of ether oxygens (including phenoxy) is 1. The van der Waals surface area contributed by atoms with Gasteiger partial charge in [0.25, 0.3) is 5.89 Å². The molecule has 1 fully saturated rings. The van der Waals surface area contributed by atoms with Crippen molar-refractivity contribution >= 4 is 0 Å². The zero-order valence-electron chi connectivity index (χ0n) is 9.88. The lowest BCUT2D eigenvalue weighted by Crippen LogP contribution is -2.00. The number of rotatable bonds is 2. The quantitative estimate of drug-likeness (QED) is 0.783. The van der Waals surface area contributed by atoms with Gasteiger partial charge in [0.2, 0.25) is 0 Å². The number of hydrogen-bond donors (Lipinski definition) is 0. The summed E-state index contributed by atoms with van der Waals surface area (Å²) in [6.07, 6.45) is 0.962. The van der Waals surface area contributed by atoms with Gasteiger partial charge in [0.1, 0.15) is 5.69 Å². The van der Waals surface area contributed by atoms with E-state index < -0.39 is 0 Å². The molecule has 0 aliphatic carbocycles. The normalized spacial score (nSPS) is 20.0. The van der Waals surface area contributed by atoms with E-state index in [0.29, 0.717) is 12.5 Å². The van der Waals surface area contributed by atoms with Crippen LogP contribution in [0.5, 0.6) is 0 Å². The third kappa shape index (κ3) is 1.84. The SMILES string of the molecule is Cc1cc(-c2nc(C3CCOC3)no2)n(C)n1. The summed E-state index contributed by atoms with van der Waals surface area (Å²) < 4.78 is 12.3. The summed E-state index contributed by atoms with van der Waals surface area (Å²) in [5.41, 5.74) is 1.78. The van der Waals surface area contributed by atoms with E-state index >= 15 is 0 Å². The molecule has 90 valence electrons. The molecule has 0 amide bonds. The van der Waals surface area contributed by atoms with Crippen molar-refractivity contribution in [3.05, 3.63) is 17.6 Å². The summed E-state index contributed by atoms with van der Waals surface area (Å²) in [7, 11) is 1.87. The highest BCUT2D eigenvalue weighted by molar-refractivity contribution is 5.47. The maximum atomic E-state index is 5.32. The molecule has 6 nitrogen and oxygen atoms in total. The molecule has 0 aromatic carbocycles. The molecular formula is C11H14N4O2. The molecule has 0 N–H and O–H groups in total. The summed E-state index contributed by atoms with van der Waals surface area (Å²) >= 11 is 0. The molecule has 1 atom stereocenters. The first-order valence-corrected chi connectivity index (χ1v) is 5.66. The van der Waals surface area contributed by atoms with Crippen molar-refractivity contribution in [2.75, 3.05) is 13.2 Å². The molecule has 0 spiro atoms. The van der Waals surface area contributed by atoms with Crippen molar-refractivity contribution < 1.29 is 9.26 Å². The van der Waals surface area contributed by atoms with Crippen molar-refractivity contribution in [2.24, 2.45) is 7.05 Å². The molecule has 2 aromatic heterocycles. The highest BCUT2D eigenvalue weighted by atomic mass is 16.5. The molecule has 1 aliphatic heterocycles. The minimum atomic E-state index is 0.266. The van der Waals surface area contributed by atoms with Crippen molar-refractivity contribution in [3.63, 3.8) is 0 Å². The van der Waals surface area contributed by atoms with Crippen LogP contribution in [-0.4, -0.2) is 33.1 Å². The van der Waals surface area contributed by atoms with Gasteiger partial charge in [-0.05, 0) is 19.4 Å². The van der Waals surface area contributed by atoms with Gasteiger partial charge >= 0.3 is 0 Å². The minimum absolute atomic E-state index is 0.266. The van der Waals surface area contributed by atoms with Crippen LogP contribution in [0.2, 0.25) is 0 Å². The van der Waals surface area contributed by atoms with Gasteiger partial charge in [-0.2, -0.15) is 10.1 Å². The van der Waals surface area contributed by atoms with Crippen molar-refractivity contribution in [1.82, 2.24) is 19.9 Å². The van der Waals surface area contributed by atoms with Crippen LogP contribution in [0, 0.1) is 6.92 Å². The fourth-order valence-electron chi connectivity index (χ4n) is 2.05. The van der Waals surface area contributed by atoms with Crippen LogP contribution in [0.4, 0.5) is 0 Å². The van der Waals surface area contributed by atoms with Gasteiger partial charge < -0.3 is 9.26 Å². The lowest BCUT2D eigenvalue weighted by molar-refractivity contribution is 0.192. The number of aromatic nitrogens is 4. The van der Waals surface area contributed by atoms with Gasteiger partial charge in [-0.1, -0.05) is 5.16 Å². The monoisotopic (exact) mass is 234 g/mol. The lowest BCUT2D eigenvalue weighted by Gasteiger charge is -1.97. The highest BCUT2D eigenvalue weighted by Crippen LogP contribution is 2.25. The van der Waals surface area contributed by atoms with Crippen LogP contribution in [0.3, 0.4) is 0 Å². The van der Waals surface area contributed by atoms with E-state index in [1.54, 1.807) is 4.68 Å². The maximum absolute atomic E-state index is 5.32. The fraction of sp³-hybridized carbons (Fsp3) is 0.545. The molecule has 6 heteroatoms. The van der Waals surface area contributed by atoms with Crippen LogP contribution in [-0.2, 0) is 11.8 Å². The smallest absolute Gasteiger partial charge is 0.276 e. The Balaban J connectivity index is 1.91. The van der Waals surface area contributed by atoms with E-state index in [2.05, 4.69) is 15.2 Å². The summed E-state index contributed by atoms with van der Waals surface area (Å²) in [5.74, 6) is 1.52. The van der Waals surface area contributed by atoms with E-state index in [-0.39, 0.29) is 5.92 Å². The Morgan fingerprint density at radius 2 is 2.35 bits per heavy atom. The average molecular weight is 234 g/mol. The van der Waals surface area contributed by atoms with E-state index in [4.69, 9.17) is 9.26 Å². The maximum Gasteiger partial charge on any atom is 0.276 e. The zero-order valence-corrected chi connectivity index (χ0v) is 9.88. The molecule has 1 unspecified atom stereocenters. The summed E-state index contributed by atoms with van der Waals surface area (Å²) in [4.78, 5) is 4.42. The largest absolute Gasteiger partial charge is 0.381 e. The Kier molecular flexibility index (Phi) is 2.44. The van der Waals surface area contributed by atoms with Crippen molar-refractivity contribution in [3.8, 4) is 11.6 Å². The molecular weight excluding hydrogens is 220 g/mol. The van der Waals surface area contributed by atoms with Gasteiger partial charge in [-0.25, -0.2) is 0 Å². The summed E-state index contributed by atoms with van der Waals surface area (Å²) in [5, 5.41) is 8.28. The Morgan fingerprint density at radius 1 is 1.47 bits per heavy atom. The number of nitrogens with zero attached hydrogens (tertiary/aromatic N) is 4. The van der Waals surface area contributed by atoms with Gasteiger partial charge in [0, 0.05) is 19.6 Å². The van der Waals surface area contributed by atoms with E-state index in [1.165, 1.54) is 0 Å². The first kappa shape index (κ1) is 10.5. The van der Waals surface area contributed by atoms with Gasteiger partial charge in [0.15, 0.2) is 5.82 Å². The highest BCUT2D eigenvalue weighted by Gasteiger charge is 2.24. The molecule has 3 heterocycles. The lowest BCUT2D eigenvalue weighted by atomic mass is 10.1. The number of hydrogen-bond acceptors (Lipinski definition) is 5. The third-order valence-electron chi connectivity index (χ3n) is 2.96. The molecule has 1 saturated heterocycles. The molecule has 1 aliphatic rings. The van der Waals surface area contributed by atoms with Gasteiger partial charge in [-0.3, -0.25) is 4.68 Å². The summed E-state index contributed by atoms with van der Waals surface area (Å²) in [6.45, 7) is 3.40. The first-order valence-electron chi connectivity index (χ1n) is 5.66. The Hall–Kier alpha value is -1.69. The van der Waals surface area contributed by atoms with Crippen LogP contribution in [0.15, 0.2) is 10.6 Å². The predicted molar refractivity (Wildman–Crippen MR) is 59.4 cm³/mol. The van der Waals surface area contributed by atoms with Crippen LogP contribution in [0.1, 0.15) is 23.9 Å². The molecule has 17 heavy (non-hydrogen) atoms. The second-order valence-electron chi connectivity index (χ2n) is 4.31. The predicted octanol–water partition coefficient (Wildman–Crippen LogP) is 1.28. The topological polar surface area (TPSA) is 66.0 Å². The van der Waals surface area contributed by atoms with E-state index in [1.807, 2.05) is 20.0 Å². The fourth-order valence-corrected chi connectivity index (χ4v) is 2.05. The molecule has 0 radical (unpaired) electrons. The summed E-state index contributed by atoms with van der Waals surface area (Å²) in [6, 6.07) is 1.93. The standard InChI is InChI=1S/C11H14N4O2/c1-7-5-9(15(2)13-7)11-12-10(14-17-11)8-3-4-16-6-8/h5,8H,3-4,6H2,1-2H3. The minimum Gasteiger partial charge on any atom is -0.381 e.